The Kier molecular flexibility index (Phi) is 5.89. The number of piperidine rings is 1. The monoisotopic (exact) mass is 353 g/mol. The summed E-state index contributed by atoms with van der Waals surface area (Å²) < 4.78 is 5.85. The summed E-state index contributed by atoms with van der Waals surface area (Å²) >= 11 is 0. The van der Waals surface area contributed by atoms with Crippen LogP contribution < -0.4 is 4.74 Å². The lowest BCUT2D eigenvalue weighted by Crippen LogP contribution is -2.48. The fraction of sp³-hybridized carbons (Fsp3) is 0.333. The van der Waals surface area contributed by atoms with Crippen molar-refractivity contribution in [2.75, 3.05) is 13.2 Å². The fourth-order valence-electron chi connectivity index (χ4n) is 3.33. The number of carboxylic acids is 1. The van der Waals surface area contributed by atoms with Crippen LogP contribution in [0.25, 0.3) is 11.1 Å². The number of nitrogens with zero attached hydrogens (tertiary/aromatic N) is 1. The normalized spacial score (nSPS) is 16.9. The van der Waals surface area contributed by atoms with E-state index >= 15 is 0 Å². The molecule has 2 aromatic rings. The summed E-state index contributed by atoms with van der Waals surface area (Å²) in [7, 11) is 0. The van der Waals surface area contributed by atoms with E-state index in [9.17, 15) is 14.7 Å². The van der Waals surface area contributed by atoms with Crippen molar-refractivity contribution in [3.63, 3.8) is 0 Å². The van der Waals surface area contributed by atoms with Gasteiger partial charge in [-0.05, 0) is 30.9 Å². The number of amides is 1. The summed E-state index contributed by atoms with van der Waals surface area (Å²) in [6.45, 7) is 0.738. The van der Waals surface area contributed by atoms with Gasteiger partial charge < -0.3 is 14.7 Å². The SMILES string of the molecule is O=C(O)C1CCCCN1C(=O)CCOc1ccccc1-c1ccccc1. The van der Waals surface area contributed by atoms with Crippen LogP contribution in [0, 0.1) is 0 Å². The maximum atomic E-state index is 12.4. The molecule has 1 heterocycles. The first-order valence-electron chi connectivity index (χ1n) is 8.96. The first kappa shape index (κ1) is 18.0. The van der Waals surface area contributed by atoms with E-state index in [1.54, 1.807) is 0 Å². The van der Waals surface area contributed by atoms with E-state index in [0.717, 1.165) is 29.7 Å². The molecule has 1 aliphatic heterocycles. The molecule has 3 rings (SSSR count). The number of hydrogen-bond acceptors (Lipinski definition) is 3. The fourth-order valence-corrected chi connectivity index (χ4v) is 3.33. The molecule has 1 saturated heterocycles. The van der Waals surface area contributed by atoms with Crippen LogP contribution in [0.4, 0.5) is 0 Å². The number of aliphatic carboxylic acids is 1. The van der Waals surface area contributed by atoms with Crippen molar-refractivity contribution in [2.45, 2.75) is 31.7 Å². The maximum absolute atomic E-state index is 12.4. The van der Waals surface area contributed by atoms with Crippen LogP contribution in [0.1, 0.15) is 25.7 Å². The van der Waals surface area contributed by atoms with Gasteiger partial charge in [-0.3, -0.25) is 4.79 Å². The van der Waals surface area contributed by atoms with E-state index in [2.05, 4.69) is 0 Å². The Morgan fingerprint density at radius 3 is 2.54 bits per heavy atom. The van der Waals surface area contributed by atoms with Gasteiger partial charge in [-0.2, -0.15) is 0 Å². The van der Waals surface area contributed by atoms with E-state index in [4.69, 9.17) is 4.74 Å². The van der Waals surface area contributed by atoms with Crippen molar-refractivity contribution in [1.82, 2.24) is 4.90 Å². The molecule has 5 nitrogen and oxygen atoms in total. The topological polar surface area (TPSA) is 66.8 Å². The molecule has 5 heteroatoms. The predicted octanol–water partition coefficient (Wildman–Crippen LogP) is 3.59. The van der Waals surface area contributed by atoms with Gasteiger partial charge >= 0.3 is 5.97 Å². The lowest BCUT2D eigenvalue weighted by molar-refractivity contribution is -0.152. The number of carboxylic acid groups (broad SMARTS) is 1. The van der Waals surface area contributed by atoms with Crippen LogP contribution in [0.2, 0.25) is 0 Å². The first-order chi connectivity index (χ1) is 12.7. The van der Waals surface area contributed by atoms with Crippen molar-refractivity contribution >= 4 is 11.9 Å². The van der Waals surface area contributed by atoms with Crippen molar-refractivity contribution in [1.29, 1.82) is 0 Å². The molecule has 0 bridgehead atoms. The van der Waals surface area contributed by atoms with Gasteiger partial charge in [0.25, 0.3) is 0 Å². The van der Waals surface area contributed by atoms with Gasteiger partial charge in [0.05, 0.1) is 13.0 Å². The van der Waals surface area contributed by atoms with Crippen LogP contribution in [0.15, 0.2) is 54.6 Å². The number of likely N-dealkylation sites (tertiary alicyclic amines) is 1. The average Bonchev–Trinajstić information content (AvgIpc) is 2.69. The largest absolute Gasteiger partial charge is 0.492 e. The van der Waals surface area contributed by atoms with E-state index in [1.165, 1.54) is 4.90 Å². The van der Waals surface area contributed by atoms with Gasteiger partial charge in [-0.1, -0.05) is 48.5 Å². The van der Waals surface area contributed by atoms with Crippen molar-refractivity contribution < 1.29 is 19.4 Å². The van der Waals surface area contributed by atoms with Gasteiger partial charge in [0, 0.05) is 12.1 Å². The zero-order chi connectivity index (χ0) is 18.4. The number of hydrogen-bond donors (Lipinski definition) is 1. The highest BCUT2D eigenvalue weighted by atomic mass is 16.5. The first-order valence-corrected chi connectivity index (χ1v) is 8.96. The molecule has 1 aliphatic rings. The smallest absolute Gasteiger partial charge is 0.326 e. The molecular weight excluding hydrogens is 330 g/mol. The second-order valence-electron chi connectivity index (χ2n) is 6.40. The summed E-state index contributed by atoms with van der Waals surface area (Å²) in [6.07, 6.45) is 2.40. The molecule has 0 radical (unpaired) electrons. The molecule has 0 aromatic heterocycles. The molecule has 136 valence electrons. The van der Waals surface area contributed by atoms with E-state index < -0.39 is 12.0 Å². The molecule has 1 amide bonds. The van der Waals surface area contributed by atoms with Crippen LogP contribution in [-0.2, 0) is 9.59 Å². The molecule has 1 atom stereocenters. The number of para-hydroxylation sites is 1. The molecule has 0 aliphatic carbocycles. The standard InChI is InChI=1S/C21H23NO4/c23-20(22-14-7-6-11-18(22)21(24)25)13-15-26-19-12-5-4-10-17(19)16-8-2-1-3-9-16/h1-5,8-10,12,18H,6-7,11,13-15H2,(H,24,25). The van der Waals surface area contributed by atoms with Crippen LogP contribution in [-0.4, -0.2) is 41.1 Å². The summed E-state index contributed by atoms with van der Waals surface area (Å²) in [6, 6.07) is 16.9. The van der Waals surface area contributed by atoms with E-state index in [-0.39, 0.29) is 18.9 Å². The highest BCUT2D eigenvalue weighted by Crippen LogP contribution is 2.29. The number of carbonyl (C=O) groups excluding carboxylic acids is 1. The number of rotatable bonds is 6. The highest BCUT2D eigenvalue weighted by molar-refractivity contribution is 5.84. The second kappa shape index (κ2) is 8.52. The minimum absolute atomic E-state index is 0.158. The van der Waals surface area contributed by atoms with Gasteiger partial charge in [0.2, 0.25) is 5.91 Å². The van der Waals surface area contributed by atoms with Crippen LogP contribution >= 0.6 is 0 Å². The van der Waals surface area contributed by atoms with Crippen molar-refractivity contribution in [3.05, 3.63) is 54.6 Å². The molecule has 1 unspecified atom stereocenters. The quantitative estimate of drug-likeness (QED) is 0.862. The maximum Gasteiger partial charge on any atom is 0.326 e. The van der Waals surface area contributed by atoms with Crippen LogP contribution in [0.3, 0.4) is 0 Å². The Morgan fingerprint density at radius 2 is 1.77 bits per heavy atom. The third-order valence-corrected chi connectivity index (χ3v) is 4.65. The van der Waals surface area contributed by atoms with Crippen molar-refractivity contribution in [2.24, 2.45) is 0 Å². The minimum atomic E-state index is -0.923. The molecule has 26 heavy (non-hydrogen) atoms. The highest BCUT2D eigenvalue weighted by Gasteiger charge is 2.31. The molecule has 0 spiro atoms. The zero-order valence-corrected chi connectivity index (χ0v) is 14.6. The lowest BCUT2D eigenvalue weighted by Gasteiger charge is -2.33. The minimum Gasteiger partial charge on any atom is -0.492 e. The third kappa shape index (κ3) is 4.23. The Labute approximate surface area is 153 Å². The average molecular weight is 353 g/mol. The summed E-state index contributed by atoms with van der Waals surface area (Å²) in [5.41, 5.74) is 2.03. The zero-order valence-electron chi connectivity index (χ0n) is 14.6. The summed E-state index contributed by atoms with van der Waals surface area (Å²) in [4.78, 5) is 25.3. The van der Waals surface area contributed by atoms with E-state index in [1.807, 2.05) is 54.6 Å². The Hall–Kier alpha value is -2.82. The lowest BCUT2D eigenvalue weighted by atomic mass is 10.0. The summed E-state index contributed by atoms with van der Waals surface area (Å²) in [5, 5.41) is 9.30. The second-order valence-corrected chi connectivity index (χ2v) is 6.40. The van der Waals surface area contributed by atoms with E-state index in [0.29, 0.717) is 13.0 Å². The Morgan fingerprint density at radius 1 is 1.04 bits per heavy atom. The van der Waals surface area contributed by atoms with Gasteiger partial charge in [0.1, 0.15) is 11.8 Å². The Balaban J connectivity index is 1.62. The number of benzene rings is 2. The predicted molar refractivity (Wildman–Crippen MR) is 99.0 cm³/mol. The summed E-state index contributed by atoms with van der Waals surface area (Å²) in [5.74, 6) is -0.359. The number of ether oxygens (including phenoxy) is 1. The molecule has 1 N–H and O–H groups in total. The van der Waals surface area contributed by atoms with Crippen LogP contribution in [0.5, 0.6) is 5.75 Å². The Bertz CT molecular complexity index is 760. The molecule has 0 saturated carbocycles. The molecule has 1 fully saturated rings. The van der Waals surface area contributed by atoms with Gasteiger partial charge in [-0.15, -0.1) is 0 Å². The third-order valence-electron chi connectivity index (χ3n) is 4.65. The van der Waals surface area contributed by atoms with Gasteiger partial charge in [0.15, 0.2) is 0 Å². The van der Waals surface area contributed by atoms with Gasteiger partial charge in [-0.25, -0.2) is 4.79 Å². The number of carbonyl (C=O) groups is 2. The molecule has 2 aromatic carbocycles. The molecular formula is C21H23NO4. The van der Waals surface area contributed by atoms with Crippen molar-refractivity contribution in [3.8, 4) is 16.9 Å².